The first kappa shape index (κ1) is 16.4. The third-order valence-corrected chi connectivity index (χ3v) is 12.2. The monoisotopic (exact) mass is 271 g/mol. The van der Waals surface area contributed by atoms with Crippen LogP contribution in [-0.4, -0.2) is 13.2 Å². The topological polar surface area (TPSA) is 12.0 Å². The van der Waals surface area contributed by atoms with E-state index in [2.05, 4.69) is 42.2 Å². The molecule has 0 heterocycles. The zero-order chi connectivity index (χ0) is 8.27. The van der Waals surface area contributed by atoms with E-state index in [1.165, 1.54) is 6.42 Å². The molecular formula is C8H15Cl2NSiTi. The molecule has 0 fully saturated rings. The molecule has 0 amide bonds. The van der Waals surface area contributed by atoms with Crippen LogP contribution in [0.15, 0.2) is 22.1 Å². The number of nitrogens with one attached hydrogen (secondary N) is 1. The normalized spacial score (nSPS) is 12.0. The molecule has 0 radical (unpaired) electrons. The van der Waals surface area contributed by atoms with Gasteiger partial charge < -0.3 is 24.8 Å². The molecule has 1 rings (SSSR count). The van der Waals surface area contributed by atoms with Crippen molar-refractivity contribution in [2.24, 2.45) is 0 Å². The third kappa shape index (κ3) is 4.82. The Hall–Kier alpha value is 0.951. The van der Waals surface area contributed by atoms with E-state index in [1.807, 2.05) is 0 Å². The first-order valence-electron chi connectivity index (χ1n) is 3.97. The molecule has 0 unspecified atom stereocenters. The van der Waals surface area contributed by atoms with Crippen molar-refractivity contribution in [3.8, 4) is 0 Å². The van der Waals surface area contributed by atoms with Crippen LogP contribution >= 0.6 is 0 Å². The Morgan fingerprint density at radius 2 is 2.00 bits per heavy atom. The van der Waals surface area contributed by atoms with Crippen molar-refractivity contribution < 1.29 is 41.7 Å². The summed E-state index contributed by atoms with van der Waals surface area (Å²) < 4.78 is 5.28. The molecule has 5 heteroatoms. The van der Waals surface area contributed by atoms with Gasteiger partial charge in [-0.15, -0.1) is 0 Å². The fourth-order valence-electron chi connectivity index (χ4n) is 1.36. The van der Waals surface area contributed by atoms with Crippen LogP contribution in [0.5, 0.6) is 0 Å². The van der Waals surface area contributed by atoms with Gasteiger partial charge in [0.05, 0.1) is 0 Å². The van der Waals surface area contributed by atoms with E-state index in [9.17, 15) is 0 Å². The van der Waals surface area contributed by atoms with Gasteiger partial charge in [0.15, 0.2) is 0 Å². The summed E-state index contributed by atoms with van der Waals surface area (Å²) in [7, 11) is 2.13. The summed E-state index contributed by atoms with van der Waals surface area (Å²) in [4.78, 5) is 0. The standard InChI is InChI=1S/C5H5.C2H6Si.CH4N.2ClH.Ti/c1-2-4-5-3-1;1-3-2;1-2;;;/h1-3H,4H2;1-2H3;2H,1H3;2*1H;/q;;-1;;;+3/p-2. The van der Waals surface area contributed by atoms with Crippen LogP contribution in [-0.2, 0) is 16.9 Å². The van der Waals surface area contributed by atoms with Gasteiger partial charge >= 0.3 is 75.5 Å². The Bertz CT molecular complexity index is 245. The Morgan fingerprint density at radius 3 is 2.31 bits per heavy atom. The van der Waals surface area contributed by atoms with Gasteiger partial charge in [-0.3, -0.25) is 0 Å². The second kappa shape index (κ2) is 8.28. The van der Waals surface area contributed by atoms with Crippen molar-refractivity contribution in [3.05, 3.63) is 22.1 Å². The molecular weight excluding hydrogens is 257 g/mol. The van der Waals surface area contributed by atoms with Gasteiger partial charge in [-0.2, -0.15) is 0 Å². The predicted octanol–water partition coefficient (Wildman–Crippen LogP) is -4.16. The number of halogens is 2. The van der Waals surface area contributed by atoms with E-state index < -0.39 is 16.9 Å². The van der Waals surface area contributed by atoms with Crippen LogP contribution < -0.4 is 28.6 Å². The minimum atomic E-state index is -0.958. The molecule has 1 aliphatic rings. The summed E-state index contributed by atoms with van der Waals surface area (Å²) in [6.45, 7) is 4.85. The maximum atomic E-state index is 3.55. The molecule has 0 aliphatic heterocycles. The van der Waals surface area contributed by atoms with Gasteiger partial charge in [0.25, 0.3) is 0 Å². The first-order valence-corrected chi connectivity index (χ1v) is 10.4. The fourth-order valence-corrected chi connectivity index (χ4v) is 10.0. The second-order valence-electron chi connectivity index (χ2n) is 2.95. The van der Waals surface area contributed by atoms with Crippen LogP contribution in [0.4, 0.5) is 0 Å². The summed E-state index contributed by atoms with van der Waals surface area (Å²) >= 11 is -0.958. The van der Waals surface area contributed by atoms with E-state index in [1.54, 1.807) is 3.88 Å². The third-order valence-electron chi connectivity index (χ3n) is 1.84. The maximum absolute atomic E-state index is 3.55. The van der Waals surface area contributed by atoms with E-state index >= 15 is 0 Å². The van der Waals surface area contributed by atoms with Crippen LogP contribution in [0.1, 0.15) is 6.42 Å². The van der Waals surface area contributed by atoms with Gasteiger partial charge in [-0.05, 0) is 0 Å². The molecule has 1 aliphatic carbocycles. The van der Waals surface area contributed by atoms with Gasteiger partial charge in [0.1, 0.15) is 0 Å². The molecule has 0 saturated carbocycles. The van der Waals surface area contributed by atoms with Crippen LogP contribution in [0, 0.1) is 0 Å². The van der Waals surface area contributed by atoms with Crippen molar-refractivity contribution in [3.63, 3.8) is 0 Å². The molecule has 1 nitrogen and oxygen atoms in total. The molecule has 13 heavy (non-hydrogen) atoms. The SMILES string of the molecule is C[NH][Ti+2]([C]1=CC=CC1)=[Si](C)C.[Cl-].[Cl-]. The molecule has 0 aromatic heterocycles. The molecule has 1 N–H and O–H groups in total. The summed E-state index contributed by atoms with van der Waals surface area (Å²) in [5, 5.41) is 0. The quantitative estimate of drug-likeness (QED) is 0.503. The number of rotatable bonds is 2. The average Bonchev–Trinajstić information content (AvgIpc) is 2.40. The van der Waals surface area contributed by atoms with Gasteiger partial charge in [0, 0.05) is 0 Å². The molecule has 0 saturated heterocycles. The van der Waals surface area contributed by atoms with Crippen LogP contribution in [0.2, 0.25) is 13.1 Å². The van der Waals surface area contributed by atoms with Crippen LogP contribution in [0.25, 0.3) is 0 Å². The summed E-state index contributed by atoms with van der Waals surface area (Å²) in [6, 6.07) is 0. The largest absolute Gasteiger partial charge is 1.00 e. The van der Waals surface area contributed by atoms with Gasteiger partial charge in [-0.25, -0.2) is 0 Å². The zero-order valence-electron chi connectivity index (χ0n) is 8.20. The van der Waals surface area contributed by atoms with Gasteiger partial charge in [0.2, 0.25) is 0 Å². The second-order valence-corrected chi connectivity index (χ2v) is 14.7. The van der Waals surface area contributed by atoms with E-state index in [0.717, 1.165) is 0 Å². The van der Waals surface area contributed by atoms with Crippen molar-refractivity contribution in [1.82, 2.24) is 3.80 Å². The van der Waals surface area contributed by atoms with Crippen molar-refractivity contribution in [2.45, 2.75) is 19.5 Å². The van der Waals surface area contributed by atoms with Crippen LogP contribution in [0.3, 0.4) is 0 Å². The number of hydrogen-bond acceptors (Lipinski definition) is 1. The Morgan fingerprint density at radius 1 is 1.38 bits per heavy atom. The molecule has 0 aromatic carbocycles. The number of allylic oxidation sites excluding steroid dienone is 4. The maximum Gasteiger partial charge on any atom is -1.00 e. The molecule has 0 bridgehead atoms. The number of hydrogen-bond donors (Lipinski definition) is 1. The van der Waals surface area contributed by atoms with Crippen molar-refractivity contribution in [1.29, 1.82) is 0 Å². The molecule has 74 valence electrons. The van der Waals surface area contributed by atoms with Crippen molar-refractivity contribution >= 4 is 6.19 Å². The van der Waals surface area contributed by atoms with Crippen molar-refractivity contribution in [2.75, 3.05) is 7.05 Å². The van der Waals surface area contributed by atoms with E-state index in [4.69, 9.17) is 0 Å². The average molecular weight is 272 g/mol. The minimum Gasteiger partial charge on any atom is -1.00 e. The summed E-state index contributed by atoms with van der Waals surface area (Å²) in [5.74, 6) is 0. The fraction of sp³-hybridized carbons (Fsp3) is 0.500. The van der Waals surface area contributed by atoms with Gasteiger partial charge in [-0.1, -0.05) is 0 Å². The Kier molecular flexibility index (Phi) is 10.4. The smallest absolute Gasteiger partial charge is 1.00 e. The minimum absolute atomic E-state index is 0. The zero-order valence-corrected chi connectivity index (χ0v) is 12.3. The first-order chi connectivity index (χ1) is 5.25. The Balaban J connectivity index is 0. The predicted molar refractivity (Wildman–Crippen MR) is 48.4 cm³/mol. The van der Waals surface area contributed by atoms with E-state index in [0.29, 0.717) is 0 Å². The van der Waals surface area contributed by atoms with E-state index in [-0.39, 0.29) is 31.0 Å². The molecule has 0 aromatic rings. The molecule has 0 atom stereocenters. The molecule has 0 spiro atoms. The Labute approximate surface area is 99.8 Å². The summed E-state index contributed by atoms with van der Waals surface area (Å²) in [5.41, 5.74) is 0. The summed E-state index contributed by atoms with van der Waals surface area (Å²) in [6.07, 6.45) is 7.96.